The van der Waals surface area contributed by atoms with Gasteiger partial charge in [0.25, 0.3) is 5.91 Å². The van der Waals surface area contributed by atoms with Gasteiger partial charge in [0.15, 0.2) is 6.61 Å². The fourth-order valence-corrected chi connectivity index (χ4v) is 3.72. The molecule has 1 aromatic rings. The normalized spacial score (nSPS) is 23.6. The van der Waals surface area contributed by atoms with Gasteiger partial charge in [-0.1, -0.05) is 6.92 Å². The summed E-state index contributed by atoms with van der Waals surface area (Å²) in [4.78, 5) is 27.8. The Bertz CT molecular complexity index is 606. The molecule has 0 aromatic heterocycles. The molecule has 25 heavy (non-hydrogen) atoms. The Morgan fingerprint density at radius 3 is 2.48 bits per heavy atom. The van der Waals surface area contributed by atoms with Gasteiger partial charge in [0.2, 0.25) is 5.91 Å². The van der Waals surface area contributed by atoms with Gasteiger partial charge in [-0.05, 0) is 62.3 Å². The summed E-state index contributed by atoms with van der Waals surface area (Å²) in [5.41, 5.74) is 0.898. The summed E-state index contributed by atoms with van der Waals surface area (Å²) in [6.07, 6.45) is 6.10. The van der Waals surface area contributed by atoms with Crippen molar-refractivity contribution in [1.29, 1.82) is 0 Å². The van der Waals surface area contributed by atoms with E-state index in [1.807, 2.05) is 36.2 Å². The third-order valence-corrected chi connectivity index (χ3v) is 5.51. The lowest BCUT2D eigenvalue weighted by Gasteiger charge is -2.33. The highest BCUT2D eigenvalue weighted by atomic mass is 16.5. The Balaban J connectivity index is 1.49. The van der Waals surface area contributed by atoms with Gasteiger partial charge >= 0.3 is 0 Å². The molecule has 0 unspecified atom stereocenters. The molecule has 0 radical (unpaired) electrons. The molecule has 1 aromatic carbocycles. The molecule has 0 bridgehead atoms. The highest BCUT2D eigenvalue weighted by molar-refractivity contribution is 5.95. The van der Waals surface area contributed by atoms with Crippen LogP contribution in [0.25, 0.3) is 0 Å². The van der Waals surface area contributed by atoms with Crippen molar-refractivity contribution in [2.75, 3.05) is 25.1 Å². The van der Waals surface area contributed by atoms with Crippen molar-refractivity contribution in [2.45, 2.75) is 51.5 Å². The van der Waals surface area contributed by atoms with Gasteiger partial charge in [-0.25, -0.2) is 0 Å². The van der Waals surface area contributed by atoms with Crippen molar-refractivity contribution in [3.8, 4) is 5.75 Å². The maximum atomic E-state index is 12.4. The van der Waals surface area contributed by atoms with Gasteiger partial charge in [-0.15, -0.1) is 0 Å². The summed E-state index contributed by atoms with van der Waals surface area (Å²) < 4.78 is 5.65. The first-order chi connectivity index (χ1) is 12.0. The van der Waals surface area contributed by atoms with Crippen LogP contribution in [0.3, 0.4) is 0 Å². The van der Waals surface area contributed by atoms with Gasteiger partial charge in [-0.2, -0.15) is 0 Å². The van der Waals surface area contributed by atoms with Crippen LogP contribution in [0.5, 0.6) is 5.75 Å². The van der Waals surface area contributed by atoms with Crippen molar-refractivity contribution in [2.24, 2.45) is 5.92 Å². The summed E-state index contributed by atoms with van der Waals surface area (Å²) >= 11 is 0. The predicted octanol–water partition coefficient (Wildman–Crippen LogP) is 3.23. The lowest BCUT2D eigenvalue weighted by molar-refractivity contribution is -0.134. The molecule has 2 fully saturated rings. The fourth-order valence-electron chi connectivity index (χ4n) is 3.72. The maximum Gasteiger partial charge on any atom is 0.260 e. The zero-order valence-corrected chi connectivity index (χ0v) is 15.2. The lowest BCUT2D eigenvalue weighted by atomic mass is 9.87. The Morgan fingerprint density at radius 2 is 1.88 bits per heavy atom. The number of carbonyl (C=O) groups excluding carboxylic acids is 2. The van der Waals surface area contributed by atoms with Crippen molar-refractivity contribution in [1.82, 2.24) is 4.90 Å². The Morgan fingerprint density at radius 1 is 1.20 bits per heavy atom. The topological polar surface area (TPSA) is 49.9 Å². The van der Waals surface area contributed by atoms with Gasteiger partial charge in [-0.3, -0.25) is 9.59 Å². The van der Waals surface area contributed by atoms with Crippen LogP contribution < -0.4 is 9.64 Å². The summed E-state index contributed by atoms with van der Waals surface area (Å²) in [7, 11) is 1.88. The molecule has 0 spiro atoms. The molecule has 1 saturated carbocycles. The number of benzene rings is 1. The quantitative estimate of drug-likeness (QED) is 0.824. The maximum absolute atomic E-state index is 12.4. The van der Waals surface area contributed by atoms with E-state index >= 15 is 0 Å². The summed E-state index contributed by atoms with van der Waals surface area (Å²) in [6.45, 7) is 3.12. The average molecular weight is 344 g/mol. The summed E-state index contributed by atoms with van der Waals surface area (Å²) in [6, 6.07) is 7.77. The molecule has 2 amide bonds. The Hall–Kier alpha value is -2.04. The van der Waals surface area contributed by atoms with E-state index in [2.05, 4.69) is 6.92 Å². The summed E-state index contributed by atoms with van der Waals surface area (Å²) in [5, 5.41) is 0. The first-order valence-corrected chi connectivity index (χ1v) is 9.33. The van der Waals surface area contributed by atoms with Gasteiger partial charge in [0, 0.05) is 31.7 Å². The molecule has 5 nitrogen and oxygen atoms in total. The van der Waals surface area contributed by atoms with E-state index in [1.54, 1.807) is 4.90 Å². The Kier molecular flexibility index (Phi) is 5.61. The first-order valence-electron chi connectivity index (χ1n) is 9.33. The predicted molar refractivity (Wildman–Crippen MR) is 97.7 cm³/mol. The number of likely N-dealkylation sites (N-methyl/N-ethyl adjacent to an activating group) is 1. The zero-order chi connectivity index (χ0) is 17.8. The largest absolute Gasteiger partial charge is 0.484 e. The molecule has 1 saturated heterocycles. The summed E-state index contributed by atoms with van der Waals surface area (Å²) in [5.74, 6) is 1.64. The number of hydrogen-bond donors (Lipinski definition) is 0. The number of rotatable bonds is 5. The third kappa shape index (κ3) is 4.33. The van der Waals surface area contributed by atoms with Gasteiger partial charge in [0.1, 0.15) is 5.75 Å². The highest BCUT2D eigenvalue weighted by Crippen LogP contribution is 2.27. The SMILES string of the molecule is CC1CCC(N(C)C(=O)COc2ccc(N3CCCC3=O)cc2)CC1. The molecule has 1 aliphatic carbocycles. The van der Waals surface area contributed by atoms with Crippen LogP contribution in [0.1, 0.15) is 45.4 Å². The molecule has 0 N–H and O–H groups in total. The second kappa shape index (κ2) is 7.89. The van der Waals surface area contributed by atoms with Crippen molar-refractivity contribution in [3.63, 3.8) is 0 Å². The van der Waals surface area contributed by atoms with E-state index in [4.69, 9.17) is 4.74 Å². The lowest BCUT2D eigenvalue weighted by Crippen LogP contribution is -2.41. The highest BCUT2D eigenvalue weighted by Gasteiger charge is 2.25. The number of ether oxygens (including phenoxy) is 1. The molecule has 0 atom stereocenters. The van der Waals surface area contributed by atoms with Crippen LogP contribution in [0, 0.1) is 5.92 Å². The minimum atomic E-state index is 0.0263. The number of hydrogen-bond acceptors (Lipinski definition) is 3. The van der Waals surface area contributed by atoms with Crippen LogP contribution in [0.2, 0.25) is 0 Å². The number of carbonyl (C=O) groups is 2. The first kappa shape index (κ1) is 17.8. The molecule has 3 rings (SSSR count). The number of amides is 2. The molecule has 136 valence electrons. The molecular weight excluding hydrogens is 316 g/mol. The second-order valence-corrected chi connectivity index (χ2v) is 7.35. The van der Waals surface area contributed by atoms with E-state index in [-0.39, 0.29) is 18.4 Å². The van der Waals surface area contributed by atoms with Crippen molar-refractivity contribution in [3.05, 3.63) is 24.3 Å². The Labute approximate surface area is 149 Å². The smallest absolute Gasteiger partial charge is 0.260 e. The van der Waals surface area contributed by atoms with E-state index in [0.29, 0.717) is 18.2 Å². The van der Waals surface area contributed by atoms with Crippen LogP contribution in [0.15, 0.2) is 24.3 Å². The standard InChI is InChI=1S/C20H28N2O3/c1-15-5-7-16(8-6-15)21(2)20(24)14-25-18-11-9-17(10-12-18)22-13-3-4-19(22)23/h9-12,15-16H,3-8,13-14H2,1-2H3. The van der Waals surface area contributed by atoms with Crippen LogP contribution >= 0.6 is 0 Å². The van der Waals surface area contributed by atoms with Crippen molar-refractivity contribution < 1.29 is 14.3 Å². The van der Waals surface area contributed by atoms with E-state index in [1.165, 1.54) is 12.8 Å². The molecule has 5 heteroatoms. The number of nitrogens with zero attached hydrogens (tertiary/aromatic N) is 2. The van der Waals surface area contributed by atoms with Crippen LogP contribution in [0.4, 0.5) is 5.69 Å². The molecule has 2 aliphatic rings. The van der Waals surface area contributed by atoms with Crippen molar-refractivity contribution >= 4 is 17.5 Å². The zero-order valence-electron chi connectivity index (χ0n) is 15.2. The van der Waals surface area contributed by atoms with Gasteiger partial charge in [0.05, 0.1) is 0 Å². The van der Waals surface area contributed by atoms with Crippen LogP contribution in [-0.2, 0) is 9.59 Å². The van der Waals surface area contributed by atoms with Gasteiger partial charge < -0.3 is 14.5 Å². The third-order valence-electron chi connectivity index (χ3n) is 5.51. The van der Waals surface area contributed by atoms with E-state index < -0.39 is 0 Å². The fraction of sp³-hybridized carbons (Fsp3) is 0.600. The monoisotopic (exact) mass is 344 g/mol. The second-order valence-electron chi connectivity index (χ2n) is 7.35. The molecular formula is C20H28N2O3. The van der Waals surface area contributed by atoms with Crippen LogP contribution in [-0.4, -0.2) is 43.0 Å². The van der Waals surface area contributed by atoms with E-state index in [0.717, 1.165) is 37.4 Å². The molecule has 1 heterocycles. The average Bonchev–Trinajstić information content (AvgIpc) is 3.06. The minimum Gasteiger partial charge on any atom is -0.484 e. The van der Waals surface area contributed by atoms with E-state index in [9.17, 15) is 9.59 Å². The minimum absolute atomic E-state index is 0.0263. The number of anilines is 1. The molecule has 1 aliphatic heterocycles.